The molecule has 0 aromatic heterocycles. The van der Waals surface area contributed by atoms with E-state index in [1.54, 1.807) is 6.07 Å². The van der Waals surface area contributed by atoms with E-state index < -0.39 is 23.4 Å². The molecule has 0 aliphatic heterocycles. The SMILES string of the molecule is CCCCCCC[C@H]1CC[C@@H]2CC(c3c(F)cc(C(=O)Oc4ccc(C#N)c(F)c4)cc3F)CC[C@H]2C1. The Kier molecular flexibility index (Phi) is 9.29. The number of ether oxygens (including phenoxy) is 1. The molecule has 2 aromatic rings. The minimum atomic E-state index is -0.981. The van der Waals surface area contributed by atoms with Crippen molar-refractivity contribution in [3.63, 3.8) is 0 Å². The molecule has 0 saturated heterocycles. The van der Waals surface area contributed by atoms with Crippen LogP contribution in [0.15, 0.2) is 30.3 Å². The third kappa shape index (κ3) is 6.74. The number of nitriles is 1. The summed E-state index contributed by atoms with van der Waals surface area (Å²) in [6.45, 7) is 2.24. The first-order valence-corrected chi connectivity index (χ1v) is 13.8. The van der Waals surface area contributed by atoms with Gasteiger partial charge in [-0.1, -0.05) is 51.9 Å². The quantitative estimate of drug-likeness (QED) is 0.192. The van der Waals surface area contributed by atoms with Crippen molar-refractivity contribution in [2.45, 2.75) is 89.9 Å². The van der Waals surface area contributed by atoms with Crippen molar-refractivity contribution < 1.29 is 22.7 Å². The third-order valence-corrected chi connectivity index (χ3v) is 8.43. The fraction of sp³-hybridized carbons (Fsp3) is 0.548. The maximum absolute atomic E-state index is 15.1. The van der Waals surface area contributed by atoms with E-state index >= 15 is 8.78 Å². The zero-order valence-corrected chi connectivity index (χ0v) is 21.6. The lowest BCUT2D eigenvalue weighted by Gasteiger charge is -2.42. The van der Waals surface area contributed by atoms with E-state index in [1.165, 1.54) is 63.5 Å². The van der Waals surface area contributed by atoms with E-state index in [0.717, 1.165) is 49.8 Å². The van der Waals surface area contributed by atoms with Crippen LogP contribution in [0, 0.1) is 46.5 Å². The molecule has 0 spiro atoms. The van der Waals surface area contributed by atoms with Crippen LogP contribution in [0.5, 0.6) is 5.75 Å². The number of nitrogens with zero attached hydrogens (tertiary/aromatic N) is 1. The number of fused-ring (bicyclic) bond motifs is 1. The number of esters is 1. The lowest BCUT2D eigenvalue weighted by atomic mass is 9.63. The Balaban J connectivity index is 1.35. The van der Waals surface area contributed by atoms with Crippen molar-refractivity contribution >= 4 is 5.97 Å². The molecule has 0 radical (unpaired) electrons. The average Bonchev–Trinajstić information content (AvgIpc) is 2.88. The minimum absolute atomic E-state index is 0.0671. The van der Waals surface area contributed by atoms with E-state index in [4.69, 9.17) is 10.00 Å². The van der Waals surface area contributed by atoms with Gasteiger partial charge >= 0.3 is 5.97 Å². The van der Waals surface area contributed by atoms with Crippen LogP contribution in [-0.4, -0.2) is 5.97 Å². The number of benzene rings is 2. The molecule has 1 unspecified atom stereocenters. The molecule has 37 heavy (non-hydrogen) atoms. The van der Waals surface area contributed by atoms with Gasteiger partial charge in [0.25, 0.3) is 0 Å². The van der Waals surface area contributed by atoms with E-state index in [-0.39, 0.29) is 28.4 Å². The highest BCUT2D eigenvalue weighted by molar-refractivity contribution is 5.91. The predicted octanol–water partition coefficient (Wildman–Crippen LogP) is 8.86. The van der Waals surface area contributed by atoms with Crippen LogP contribution in [-0.2, 0) is 0 Å². The molecule has 4 rings (SSSR count). The van der Waals surface area contributed by atoms with Crippen LogP contribution < -0.4 is 4.74 Å². The van der Waals surface area contributed by atoms with Crippen LogP contribution >= 0.6 is 0 Å². The van der Waals surface area contributed by atoms with E-state index in [9.17, 15) is 9.18 Å². The summed E-state index contributed by atoms with van der Waals surface area (Å²) in [6, 6.07) is 7.06. The molecule has 0 N–H and O–H groups in total. The zero-order chi connectivity index (χ0) is 26.4. The van der Waals surface area contributed by atoms with Gasteiger partial charge in [0.15, 0.2) is 0 Å². The van der Waals surface area contributed by atoms with Gasteiger partial charge in [-0.3, -0.25) is 0 Å². The smallest absolute Gasteiger partial charge is 0.343 e. The Morgan fingerprint density at radius 2 is 1.62 bits per heavy atom. The Hall–Kier alpha value is -2.81. The topological polar surface area (TPSA) is 50.1 Å². The molecule has 0 amide bonds. The summed E-state index contributed by atoms with van der Waals surface area (Å²) in [7, 11) is 0. The normalized spacial score (nSPS) is 23.2. The minimum Gasteiger partial charge on any atom is -0.423 e. The molecule has 2 saturated carbocycles. The summed E-state index contributed by atoms with van der Waals surface area (Å²) in [4.78, 5) is 12.5. The van der Waals surface area contributed by atoms with Crippen LogP contribution in [0.2, 0.25) is 0 Å². The van der Waals surface area contributed by atoms with Gasteiger partial charge in [-0.2, -0.15) is 5.26 Å². The maximum Gasteiger partial charge on any atom is 0.343 e. The number of rotatable bonds is 9. The summed E-state index contributed by atoms with van der Waals surface area (Å²) in [5.74, 6) is -1.66. The molecule has 3 nitrogen and oxygen atoms in total. The van der Waals surface area contributed by atoms with Crippen molar-refractivity contribution in [3.8, 4) is 11.8 Å². The van der Waals surface area contributed by atoms with Gasteiger partial charge in [0.1, 0.15) is 29.3 Å². The Morgan fingerprint density at radius 3 is 2.32 bits per heavy atom. The average molecular weight is 512 g/mol. The van der Waals surface area contributed by atoms with Gasteiger partial charge in [-0.15, -0.1) is 0 Å². The van der Waals surface area contributed by atoms with Gasteiger partial charge in [0.05, 0.1) is 11.1 Å². The molecule has 2 fully saturated rings. The summed E-state index contributed by atoms with van der Waals surface area (Å²) in [6.07, 6.45) is 14.0. The Bertz CT molecular complexity index is 1120. The number of carbonyl (C=O) groups excluding carboxylic acids is 1. The van der Waals surface area contributed by atoms with Crippen molar-refractivity contribution in [1.29, 1.82) is 5.26 Å². The van der Waals surface area contributed by atoms with Gasteiger partial charge in [-0.05, 0) is 80.0 Å². The van der Waals surface area contributed by atoms with E-state index in [0.29, 0.717) is 11.8 Å². The molecule has 0 bridgehead atoms. The Labute approximate surface area is 218 Å². The molecule has 2 aliphatic rings. The van der Waals surface area contributed by atoms with E-state index in [1.807, 2.05) is 0 Å². The number of unbranched alkanes of at least 4 members (excludes halogenated alkanes) is 4. The molecule has 4 atom stereocenters. The molecule has 198 valence electrons. The second kappa shape index (κ2) is 12.6. The first kappa shape index (κ1) is 27.2. The highest BCUT2D eigenvalue weighted by atomic mass is 19.1. The highest BCUT2D eigenvalue weighted by Crippen LogP contribution is 2.49. The first-order valence-electron chi connectivity index (χ1n) is 13.8. The number of hydrogen-bond donors (Lipinski definition) is 0. The summed E-state index contributed by atoms with van der Waals surface area (Å²) >= 11 is 0. The van der Waals surface area contributed by atoms with Crippen LogP contribution in [0.3, 0.4) is 0 Å². The van der Waals surface area contributed by atoms with Crippen molar-refractivity contribution in [1.82, 2.24) is 0 Å². The predicted molar refractivity (Wildman–Crippen MR) is 137 cm³/mol. The summed E-state index contributed by atoms with van der Waals surface area (Å²) in [5.41, 5.74) is -0.388. The van der Waals surface area contributed by atoms with Crippen molar-refractivity contribution in [2.24, 2.45) is 17.8 Å². The molecule has 6 heteroatoms. The molecule has 2 aromatic carbocycles. The fourth-order valence-corrected chi connectivity index (χ4v) is 6.46. The summed E-state index contributed by atoms with van der Waals surface area (Å²) in [5, 5.41) is 8.81. The second-order valence-electron chi connectivity index (χ2n) is 10.9. The molecular formula is C31H36F3NO2. The maximum atomic E-state index is 15.1. The fourth-order valence-electron chi connectivity index (χ4n) is 6.46. The van der Waals surface area contributed by atoms with E-state index in [2.05, 4.69) is 6.92 Å². The number of halogens is 3. The zero-order valence-electron chi connectivity index (χ0n) is 21.6. The highest BCUT2D eigenvalue weighted by Gasteiger charge is 2.37. The van der Waals surface area contributed by atoms with Crippen LogP contribution in [0.4, 0.5) is 13.2 Å². The number of hydrogen-bond acceptors (Lipinski definition) is 3. The number of carbonyl (C=O) groups is 1. The van der Waals surface area contributed by atoms with Crippen LogP contribution in [0.25, 0.3) is 0 Å². The summed E-state index contributed by atoms with van der Waals surface area (Å²) < 4.78 is 49.1. The van der Waals surface area contributed by atoms with Gasteiger partial charge in [0.2, 0.25) is 0 Å². The largest absolute Gasteiger partial charge is 0.423 e. The second-order valence-corrected chi connectivity index (χ2v) is 10.9. The molecule has 2 aliphatic carbocycles. The van der Waals surface area contributed by atoms with Crippen LogP contribution in [0.1, 0.15) is 111 Å². The Morgan fingerprint density at radius 1 is 0.919 bits per heavy atom. The molecular weight excluding hydrogens is 475 g/mol. The van der Waals surface area contributed by atoms with Crippen molar-refractivity contribution in [3.05, 3.63) is 64.5 Å². The molecule has 0 heterocycles. The first-order chi connectivity index (χ1) is 17.9. The van der Waals surface area contributed by atoms with Gasteiger partial charge < -0.3 is 4.74 Å². The monoisotopic (exact) mass is 511 g/mol. The standard InChI is InChI=1S/C31H36F3NO2/c1-2-3-4-5-6-7-20-8-9-22-15-23(11-10-21(22)14-20)30-28(33)16-25(17-29(30)34)31(36)37-26-13-12-24(19-35)27(32)18-26/h12-13,16-18,20-23H,2-11,14-15H2,1H3/t20-,21-,22+,23?/m0/s1. The van der Waals surface area contributed by atoms with Gasteiger partial charge in [-0.25, -0.2) is 18.0 Å². The van der Waals surface area contributed by atoms with Crippen molar-refractivity contribution in [2.75, 3.05) is 0 Å². The van der Waals surface area contributed by atoms with Gasteiger partial charge in [0, 0.05) is 11.6 Å². The lowest BCUT2D eigenvalue weighted by Crippen LogP contribution is -2.31. The third-order valence-electron chi connectivity index (χ3n) is 8.43. The lowest BCUT2D eigenvalue weighted by molar-refractivity contribution is 0.0733.